The van der Waals surface area contributed by atoms with E-state index in [1.54, 1.807) is 11.4 Å². The van der Waals surface area contributed by atoms with Gasteiger partial charge in [-0.05, 0) is 6.92 Å². The van der Waals surface area contributed by atoms with Crippen LogP contribution < -0.4 is 5.32 Å². The quantitative estimate of drug-likeness (QED) is 0.842. The summed E-state index contributed by atoms with van der Waals surface area (Å²) in [6.45, 7) is 7.43. The third kappa shape index (κ3) is 5.17. The van der Waals surface area contributed by atoms with Crippen LogP contribution in [0.25, 0.3) is 0 Å². The maximum absolute atomic E-state index is 11.7. The second kappa shape index (κ2) is 6.91. The van der Waals surface area contributed by atoms with Gasteiger partial charge in [0.25, 0.3) is 5.91 Å². The lowest BCUT2D eigenvalue weighted by atomic mass is 9.92. The van der Waals surface area contributed by atoms with E-state index in [1.807, 2.05) is 27.7 Å². The zero-order chi connectivity index (χ0) is 17.0. The minimum absolute atomic E-state index is 0.0497. The molecule has 124 valence electrons. The van der Waals surface area contributed by atoms with Crippen molar-refractivity contribution in [1.82, 2.24) is 10.1 Å². The van der Waals surface area contributed by atoms with Gasteiger partial charge in [0.1, 0.15) is 0 Å². The van der Waals surface area contributed by atoms with E-state index in [9.17, 15) is 9.59 Å². The van der Waals surface area contributed by atoms with E-state index >= 15 is 0 Å². The maximum atomic E-state index is 11.7. The summed E-state index contributed by atoms with van der Waals surface area (Å²) >= 11 is 1.46. The first kappa shape index (κ1) is 17.1. The van der Waals surface area contributed by atoms with Crippen LogP contribution in [-0.4, -0.2) is 28.6 Å². The lowest BCUT2D eigenvalue weighted by Crippen LogP contribution is -2.21. The van der Waals surface area contributed by atoms with Crippen LogP contribution in [0.1, 0.15) is 37.2 Å². The van der Waals surface area contributed by atoms with E-state index < -0.39 is 11.9 Å². The molecule has 0 aliphatic carbocycles. The molecule has 0 aliphatic heterocycles. The Morgan fingerprint density at radius 2 is 2.13 bits per heavy atom. The molecule has 8 heteroatoms. The first-order chi connectivity index (χ1) is 10.7. The Morgan fingerprint density at radius 1 is 1.39 bits per heavy atom. The summed E-state index contributed by atoms with van der Waals surface area (Å²) in [5, 5.41) is 9.06. The number of nitrogens with one attached hydrogen (secondary N) is 1. The van der Waals surface area contributed by atoms with Crippen molar-refractivity contribution < 1.29 is 18.8 Å². The van der Waals surface area contributed by atoms with Gasteiger partial charge in [0, 0.05) is 16.9 Å². The van der Waals surface area contributed by atoms with Crippen molar-refractivity contribution in [2.75, 3.05) is 11.9 Å². The first-order valence-electron chi connectivity index (χ1n) is 7.08. The van der Waals surface area contributed by atoms with Crippen molar-refractivity contribution in [1.29, 1.82) is 0 Å². The Labute approximate surface area is 138 Å². The molecule has 0 atom stereocenters. The highest BCUT2D eigenvalue weighted by atomic mass is 32.1. The zero-order valence-electron chi connectivity index (χ0n) is 13.5. The molecule has 1 N–H and O–H groups in total. The number of ether oxygens (including phenoxy) is 1. The number of hydrogen-bond donors (Lipinski definition) is 1. The molecule has 0 fully saturated rings. The third-order valence-electron chi connectivity index (χ3n) is 2.90. The minimum Gasteiger partial charge on any atom is -0.455 e. The summed E-state index contributed by atoms with van der Waals surface area (Å²) in [5.41, 5.74) is 1.19. The highest BCUT2D eigenvalue weighted by Crippen LogP contribution is 2.23. The number of aryl methyl sites for hydroxylation is 1. The maximum Gasteiger partial charge on any atom is 0.312 e. The SMILES string of the molecule is Cc1nc(CC(=O)OCC(=O)Nc2cc(C(C)(C)C)no2)cs1. The predicted molar refractivity (Wildman–Crippen MR) is 85.3 cm³/mol. The van der Waals surface area contributed by atoms with Crippen LogP contribution in [0.5, 0.6) is 0 Å². The standard InChI is InChI=1S/C15H19N3O4S/c1-9-16-10(8-23-9)5-14(20)21-7-12(19)17-13-6-11(18-22-13)15(2,3)4/h6,8H,5,7H2,1-4H3,(H,17,19). The molecule has 1 amide bonds. The molecular weight excluding hydrogens is 318 g/mol. The summed E-state index contributed by atoms with van der Waals surface area (Å²) < 4.78 is 9.95. The number of thiazole rings is 1. The molecular formula is C15H19N3O4S. The molecule has 2 aromatic rings. The number of esters is 1. The van der Waals surface area contributed by atoms with E-state index in [1.165, 1.54) is 11.3 Å². The van der Waals surface area contributed by atoms with Gasteiger partial charge < -0.3 is 9.26 Å². The minimum atomic E-state index is -0.501. The second-order valence-electron chi connectivity index (χ2n) is 6.07. The molecule has 2 rings (SSSR count). The fraction of sp³-hybridized carbons (Fsp3) is 0.467. The smallest absolute Gasteiger partial charge is 0.312 e. The van der Waals surface area contributed by atoms with Crippen LogP contribution in [0.3, 0.4) is 0 Å². The molecule has 2 heterocycles. The van der Waals surface area contributed by atoms with Gasteiger partial charge in [0.2, 0.25) is 5.88 Å². The molecule has 0 bridgehead atoms. The van der Waals surface area contributed by atoms with Gasteiger partial charge in [0.05, 0.1) is 22.8 Å². The van der Waals surface area contributed by atoms with Crippen LogP contribution >= 0.6 is 11.3 Å². The predicted octanol–water partition coefficient (Wildman–Crippen LogP) is 2.46. The van der Waals surface area contributed by atoms with Gasteiger partial charge >= 0.3 is 5.97 Å². The Balaban J connectivity index is 1.78. The highest BCUT2D eigenvalue weighted by molar-refractivity contribution is 7.09. The summed E-state index contributed by atoms with van der Waals surface area (Å²) in [6, 6.07) is 1.65. The molecule has 7 nitrogen and oxygen atoms in total. The first-order valence-corrected chi connectivity index (χ1v) is 7.95. The van der Waals surface area contributed by atoms with E-state index in [-0.39, 0.29) is 24.3 Å². The number of rotatable bonds is 5. The van der Waals surface area contributed by atoms with Crippen LogP contribution in [0.15, 0.2) is 16.0 Å². The van der Waals surface area contributed by atoms with Crippen molar-refractivity contribution in [2.24, 2.45) is 0 Å². The Bertz CT molecular complexity index is 700. The molecule has 2 aromatic heterocycles. The lowest BCUT2D eigenvalue weighted by molar-refractivity contribution is -0.146. The number of aromatic nitrogens is 2. The average molecular weight is 337 g/mol. The Hall–Kier alpha value is -2.22. The third-order valence-corrected chi connectivity index (χ3v) is 3.72. The normalized spacial score (nSPS) is 11.3. The fourth-order valence-electron chi connectivity index (χ4n) is 1.70. The number of carbonyl (C=O) groups excluding carboxylic acids is 2. The molecule has 0 spiro atoms. The van der Waals surface area contributed by atoms with Crippen molar-refractivity contribution in [2.45, 2.75) is 39.5 Å². The van der Waals surface area contributed by atoms with Gasteiger partial charge in [0.15, 0.2) is 6.61 Å². The molecule has 0 aliphatic rings. The van der Waals surface area contributed by atoms with Gasteiger partial charge in [-0.2, -0.15) is 0 Å². The van der Waals surface area contributed by atoms with Crippen molar-refractivity contribution in [3.63, 3.8) is 0 Å². The highest BCUT2D eigenvalue weighted by Gasteiger charge is 2.20. The summed E-state index contributed by atoms with van der Waals surface area (Å²) in [5.74, 6) is -0.756. The topological polar surface area (TPSA) is 94.3 Å². The van der Waals surface area contributed by atoms with Crippen molar-refractivity contribution in [3.8, 4) is 0 Å². The number of hydrogen-bond acceptors (Lipinski definition) is 7. The molecule has 0 unspecified atom stereocenters. The Kier molecular flexibility index (Phi) is 5.15. The van der Waals surface area contributed by atoms with Gasteiger partial charge in [-0.3, -0.25) is 14.9 Å². The number of amides is 1. The van der Waals surface area contributed by atoms with Crippen LogP contribution in [-0.2, 0) is 26.2 Å². The molecule has 0 saturated heterocycles. The van der Waals surface area contributed by atoms with Crippen molar-refractivity contribution >= 4 is 29.1 Å². The van der Waals surface area contributed by atoms with Gasteiger partial charge in [-0.1, -0.05) is 25.9 Å². The van der Waals surface area contributed by atoms with E-state index in [4.69, 9.17) is 9.26 Å². The lowest BCUT2D eigenvalue weighted by Gasteiger charge is -2.12. The fourth-order valence-corrected chi connectivity index (χ4v) is 2.31. The Morgan fingerprint density at radius 3 is 2.70 bits per heavy atom. The zero-order valence-corrected chi connectivity index (χ0v) is 14.3. The molecule has 0 radical (unpaired) electrons. The van der Waals surface area contributed by atoms with Crippen LogP contribution in [0.4, 0.5) is 5.88 Å². The van der Waals surface area contributed by atoms with Gasteiger partial charge in [-0.25, -0.2) is 4.98 Å². The number of nitrogens with zero attached hydrogens (tertiary/aromatic N) is 2. The van der Waals surface area contributed by atoms with Crippen LogP contribution in [0, 0.1) is 6.92 Å². The average Bonchev–Trinajstić information content (AvgIpc) is 3.05. The monoisotopic (exact) mass is 337 g/mol. The number of anilines is 1. The summed E-state index contributed by atoms with van der Waals surface area (Å²) in [6.07, 6.45) is 0.0497. The van der Waals surface area contributed by atoms with Crippen LogP contribution in [0.2, 0.25) is 0 Å². The van der Waals surface area contributed by atoms with E-state index in [0.29, 0.717) is 5.69 Å². The second-order valence-corrected chi connectivity index (χ2v) is 7.13. The summed E-state index contributed by atoms with van der Waals surface area (Å²) in [7, 11) is 0. The van der Waals surface area contributed by atoms with E-state index in [0.717, 1.165) is 10.7 Å². The van der Waals surface area contributed by atoms with E-state index in [2.05, 4.69) is 15.5 Å². The largest absolute Gasteiger partial charge is 0.455 e. The molecule has 0 saturated carbocycles. The van der Waals surface area contributed by atoms with Gasteiger partial charge in [-0.15, -0.1) is 11.3 Å². The molecule has 23 heavy (non-hydrogen) atoms. The number of carbonyl (C=O) groups is 2. The van der Waals surface area contributed by atoms with Crippen molar-refractivity contribution in [3.05, 3.63) is 27.8 Å². The summed E-state index contributed by atoms with van der Waals surface area (Å²) in [4.78, 5) is 27.5. The molecule has 0 aromatic carbocycles.